The van der Waals surface area contributed by atoms with Crippen molar-refractivity contribution in [3.8, 4) is 0 Å². The predicted molar refractivity (Wildman–Crippen MR) is 79.6 cm³/mol. The monoisotopic (exact) mass is 261 g/mol. The van der Waals surface area contributed by atoms with Gasteiger partial charge in [0, 0.05) is 6.04 Å². The Balaban J connectivity index is 2.21. The third-order valence-corrected chi connectivity index (χ3v) is 4.10. The highest BCUT2D eigenvalue weighted by atomic mass is 19.1. The summed E-state index contributed by atoms with van der Waals surface area (Å²) in [6.45, 7) is 6.66. The van der Waals surface area contributed by atoms with Gasteiger partial charge in [-0.2, -0.15) is 0 Å². The second-order valence-corrected chi connectivity index (χ2v) is 5.25. The fourth-order valence-electron chi connectivity index (χ4n) is 3.04. The minimum Gasteiger partial charge on any atom is -0.297 e. The topological polar surface area (TPSA) is 3.24 Å². The second kappa shape index (κ2) is 6.85. The van der Waals surface area contributed by atoms with Gasteiger partial charge in [0.15, 0.2) is 0 Å². The first-order valence-corrected chi connectivity index (χ1v) is 7.44. The fraction of sp³-hybridized carbons (Fsp3) is 0.529. The molecule has 1 aromatic rings. The van der Waals surface area contributed by atoms with Gasteiger partial charge in [-0.15, -0.1) is 0 Å². The Morgan fingerprint density at radius 2 is 1.84 bits per heavy atom. The van der Waals surface area contributed by atoms with Crippen molar-refractivity contribution in [3.05, 3.63) is 41.2 Å². The molecule has 2 rings (SSSR count). The van der Waals surface area contributed by atoms with Crippen LogP contribution in [-0.4, -0.2) is 24.0 Å². The summed E-state index contributed by atoms with van der Waals surface area (Å²) >= 11 is 0. The van der Waals surface area contributed by atoms with Crippen LogP contribution in [-0.2, 0) is 0 Å². The van der Waals surface area contributed by atoms with Crippen LogP contribution in [0.15, 0.2) is 29.8 Å². The molecule has 0 amide bonds. The SMILES string of the molecule is CCN(CC)C1CCCCC1=Cc1ccc(F)cc1. The zero-order chi connectivity index (χ0) is 13.7. The third-order valence-electron chi connectivity index (χ3n) is 4.10. The second-order valence-electron chi connectivity index (χ2n) is 5.25. The first-order valence-electron chi connectivity index (χ1n) is 7.44. The van der Waals surface area contributed by atoms with E-state index in [0.29, 0.717) is 6.04 Å². The molecule has 1 fully saturated rings. The van der Waals surface area contributed by atoms with E-state index >= 15 is 0 Å². The van der Waals surface area contributed by atoms with Gasteiger partial charge in [0.25, 0.3) is 0 Å². The molecule has 1 atom stereocenters. The molecule has 0 aliphatic heterocycles. The maximum atomic E-state index is 13.0. The van der Waals surface area contributed by atoms with E-state index in [1.54, 1.807) is 12.1 Å². The van der Waals surface area contributed by atoms with Crippen molar-refractivity contribution in [2.75, 3.05) is 13.1 Å². The van der Waals surface area contributed by atoms with Crippen molar-refractivity contribution in [1.29, 1.82) is 0 Å². The van der Waals surface area contributed by atoms with E-state index in [9.17, 15) is 4.39 Å². The summed E-state index contributed by atoms with van der Waals surface area (Å²) in [4.78, 5) is 2.54. The van der Waals surface area contributed by atoms with Crippen LogP contribution in [0.25, 0.3) is 6.08 Å². The number of hydrogen-bond donors (Lipinski definition) is 0. The largest absolute Gasteiger partial charge is 0.297 e. The van der Waals surface area contributed by atoms with Gasteiger partial charge in [-0.3, -0.25) is 4.90 Å². The van der Waals surface area contributed by atoms with Crippen molar-refractivity contribution in [2.45, 2.75) is 45.6 Å². The molecule has 0 spiro atoms. The van der Waals surface area contributed by atoms with Gasteiger partial charge in [0.1, 0.15) is 5.82 Å². The first kappa shape index (κ1) is 14.3. The Morgan fingerprint density at radius 3 is 2.47 bits per heavy atom. The molecule has 1 aliphatic carbocycles. The Bertz CT molecular complexity index is 417. The minimum absolute atomic E-state index is 0.161. The Kier molecular flexibility index (Phi) is 5.15. The lowest BCUT2D eigenvalue weighted by Gasteiger charge is -2.35. The van der Waals surface area contributed by atoms with Crippen LogP contribution in [0, 0.1) is 5.82 Å². The van der Waals surface area contributed by atoms with E-state index in [0.717, 1.165) is 18.7 Å². The van der Waals surface area contributed by atoms with Crippen molar-refractivity contribution < 1.29 is 4.39 Å². The summed E-state index contributed by atoms with van der Waals surface area (Å²) in [5, 5.41) is 0. The average Bonchev–Trinajstić information content (AvgIpc) is 2.44. The van der Waals surface area contributed by atoms with Crippen LogP contribution in [0.1, 0.15) is 45.1 Å². The molecule has 0 bridgehead atoms. The van der Waals surface area contributed by atoms with Crippen LogP contribution in [0.5, 0.6) is 0 Å². The summed E-state index contributed by atoms with van der Waals surface area (Å²) in [6.07, 6.45) is 7.31. The Morgan fingerprint density at radius 1 is 1.16 bits per heavy atom. The molecule has 0 saturated heterocycles. The lowest BCUT2D eigenvalue weighted by atomic mass is 9.87. The van der Waals surface area contributed by atoms with Gasteiger partial charge in [-0.05, 0) is 50.0 Å². The van der Waals surface area contributed by atoms with Crippen molar-refractivity contribution >= 4 is 6.08 Å². The quantitative estimate of drug-likeness (QED) is 0.771. The van der Waals surface area contributed by atoms with Crippen molar-refractivity contribution in [1.82, 2.24) is 4.90 Å². The van der Waals surface area contributed by atoms with Gasteiger partial charge in [-0.25, -0.2) is 4.39 Å². The van der Waals surface area contributed by atoms with Gasteiger partial charge >= 0.3 is 0 Å². The highest BCUT2D eigenvalue weighted by molar-refractivity contribution is 5.54. The number of nitrogens with zero attached hydrogens (tertiary/aromatic N) is 1. The highest BCUT2D eigenvalue weighted by Gasteiger charge is 2.23. The lowest BCUT2D eigenvalue weighted by molar-refractivity contribution is 0.215. The molecule has 19 heavy (non-hydrogen) atoms. The molecular formula is C17H24FN. The Labute approximate surface area is 116 Å². The van der Waals surface area contributed by atoms with Crippen molar-refractivity contribution in [3.63, 3.8) is 0 Å². The maximum absolute atomic E-state index is 13.0. The molecule has 2 heteroatoms. The first-order chi connectivity index (χ1) is 9.24. The smallest absolute Gasteiger partial charge is 0.123 e. The summed E-state index contributed by atoms with van der Waals surface area (Å²) in [5.74, 6) is -0.161. The number of halogens is 1. The van der Waals surface area contributed by atoms with Crippen LogP contribution in [0.3, 0.4) is 0 Å². The van der Waals surface area contributed by atoms with Gasteiger partial charge in [-0.1, -0.05) is 44.1 Å². The van der Waals surface area contributed by atoms with E-state index in [4.69, 9.17) is 0 Å². The summed E-state index contributed by atoms with van der Waals surface area (Å²) in [6, 6.07) is 7.41. The number of rotatable bonds is 4. The molecule has 1 saturated carbocycles. The van der Waals surface area contributed by atoms with E-state index < -0.39 is 0 Å². The van der Waals surface area contributed by atoms with Crippen LogP contribution in [0.4, 0.5) is 4.39 Å². The van der Waals surface area contributed by atoms with Crippen LogP contribution in [0.2, 0.25) is 0 Å². The summed E-state index contributed by atoms with van der Waals surface area (Å²) in [7, 11) is 0. The van der Waals surface area contributed by atoms with E-state index in [2.05, 4.69) is 24.8 Å². The fourth-order valence-corrected chi connectivity index (χ4v) is 3.04. The van der Waals surface area contributed by atoms with Gasteiger partial charge < -0.3 is 0 Å². The van der Waals surface area contributed by atoms with Crippen LogP contribution >= 0.6 is 0 Å². The molecule has 0 radical (unpaired) electrons. The maximum Gasteiger partial charge on any atom is 0.123 e. The van der Waals surface area contributed by atoms with E-state index in [1.165, 1.54) is 31.3 Å². The standard InChI is InChI=1S/C17H24FN/c1-3-19(4-2)17-8-6-5-7-15(17)13-14-9-11-16(18)12-10-14/h9-13,17H,3-8H2,1-2H3. The summed E-state index contributed by atoms with van der Waals surface area (Å²) < 4.78 is 13.0. The molecule has 1 aromatic carbocycles. The molecule has 1 unspecified atom stereocenters. The number of hydrogen-bond acceptors (Lipinski definition) is 1. The zero-order valence-electron chi connectivity index (χ0n) is 12.0. The molecule has 0 aromatic heterocycles. The molecular weight excluding hydrogens is 237 g/mol. The van der Waals surface area contributed by atoms with E-state index in [1.807, 2.05) is 12.1 Å². The normalized spacial score (nSPS) is 22.1. The molecule has 1 nitrogen and oxygen atoms in total. The zero-order valence-corrected chi connectivity index (χ0v) is 12.0. The molecule has 104 valence electrons. The number of benzene rings is 1. The lowest BCUT2D eigenvalue weighted by Crippen LogP contribution is -2.38. The van der Waals surface area contributed by atoms with E-state index in [-0.39, 0.29) is 5.82 Å². The predicted octanol–water partition coefficient (Wildman–Crippen LogP) is 4.49. The minimum atomic E-state index is -0.161. The average molecular weight is 261 g/mol. The highest BCUT2D eigenvalue weighted by Crippen LogP contribution is 2.29. The number of likely N-dealkylation sites (N-methyl/N-ethyl adjacent to an activating group) is 1. The van der Waals surface area contributed by atoms with Gasteiger partial charge in [0.2, 0.25) is 0 Å². The molecule has 1 aliphatic rings. The molecule has 0 heterocycles. The third kappa shape index (κ3) is 3.66. The van der Waals surface area contributed by atoms with Crippen molar-refractivity contribution in [2.24, 2.45) is 0 Å². The molecule has 0 N–H and O–H groups in total. The Hall–Kier alpha value is -1.15. The summed E-state index contributed by atoms with van der Waals surface area (Å²) in [5.41, 5.74) is 2.64. The van der Waals surface area contributed by atoms with Crippen LogP contribution < -0.4 is 0 Å². The van der Waals surface area contributed by atoms with Gasteiger partial charge in [0.05, 0.1) is 0 Å².